The number of fused-ring (bicyclic) bond motifs is 1. The maximum Gasteiger partial charge on any atom is 0.117 e. The Morgan fingerprint density at radius 1 is 1.16 bits per heavy atom. The van der Waals surface area contributed by atoms with Crippen LogP contribution in [0, 0.1) is 0 Å². The van der Waals surface area contributed by atoms with Crippen molar-refractivity contribution in [2.75, 3.05) is 0 Å². The van der Waals surface area contributed by atoms with Crippen LogP contribution in [0.3, 0.4) is 0 Å². The largest absolute Gasteiger partial charge is 0.326 e. The van der Waals surface area contributed by atoms with Crippen molar-refractivity contribution in [3.63, 3.8) is 0 Å². The van der Waals surface area contributed by atoms with Gasteiger partial charge in [-0.3, -0.25) is 5.10 Å². The van der Waals surface area contributed by atoms with E-state index < -0.39 is 0 Å². The van der Waals surface area contributed by atoms with Crippen molar-refractivity contribution < 1.29 is 0 Å². The number of nitrogens with zero attached hydrogens (tertiary/aromatic N) is 2. The number of H-pyrrole nitrogens is 1. The van der Waals surface area contributed by atoms with Gasteiger partial charge in [0.25, 0.3) is 0 Å². The smallest absolute Gasteiger partial charge is 0.117 e. The summed E-state index contributed by atoms with van der Waals surface area (Å²) in [6, 6.07) is 2.18. The Balaban J connectivity index is 2.32. The first-order valence-corrected chi connectivity index (χ1v) is 7.36. The first-order valence-electron chi connectivity index (χ1n) is 7.36. The summed E-state index contributed by atoms with van der Waals surface area (Å²) in [6.07, 6.45) is 7.25. The van der Waals surface area contributed by atoms with Gasteiger partial charge in [0.1, 0.15) is 5.52 Å². The molecule has 0 aliphatic heterocycles. The van der Waals surface area contributed by atoms with E-state index >= 15 is 0 Å². The fraction of sp³-hybridized carbons (Fsp3) is 0.600. The third-order valence-corrected chi connectivity index (χ3v) is 3.80. The highest BCUT2D eigenvalue weighted by molar-refractivity contribution is 5.80. The molecule has 0 amide bonds. The van der Waals surface area contributed by atoms with Gasteiger partial charge in [-0.05, 0) is 42.0 Å². The molecule has 3 N–H and O–H groups in total. The number of rotatable bonds is 7. The molecule has 0 atom stereocenters. The van der Waals surface area contributed by atoms with Gasteiger partial charge in [-0.15, -0.1) is 5.10 Å². The summed E-state index contributed by atoms with van der Waals surface area (Å²) in [7, 11) is 0. The quantitative estimate of drug-likeness (QED) is 0.752. The molecule has 1 heterocycles. The number of hydrogen-bond acceptors (Lipinski definition) is 3. The summed E-state index contributed by atoms with van der Waals surface area (Å²) in [5.41, 5.74) is 11.9. The summed E-state index contributed by atoms with van der Waals surface area (Å²) in [5, 5.41) is 11.0. The summed E-state index contributed by atoms with van der Waals surface area (Å²) in [5.74, 6) is 0. The molecule has 4 heteroatoms. The van der Waals surface area contributed by atoms with Gasteiger partial charge in [-0.25, -0.2) is 0 Å². The monoisotopic (exact) mass is 260 g/mol. The van der Waals surface area contributed by atoms with Crippen molar-refractivity contribution in [2.45, 2.75) is 58.9 Å². The van der Waals surface area contributed by atoms with Crippen LogP contribution in [0.15, 0.2) is 6.07 Å². The van der Waals surface area contributed by atoms with Crippen LogP contribution in [-0.2, 0) is 19.4 Å². The Morgan fingerprint density at radius 2 is 2.00 bits per heavy atom. The van der Waals surface area contributed by atoms with Gasteiger partial charge in [0.05, 0.1) is 5.52 Å². The van der Waals surface area contributed by atoms with Crippen molar-refractivity contribution in [2.24, 2.45) is 5.73 Å². The summed E-state index contributed by atoms with van der Waals surface area (Å²) in [4.78, 5) is 0. The molecule has 104 valence electrons. The third kappa shape index (κ3) is 2.95. The molecule has 0 fully saturated rings. The SMILES string of the molecule is CCCCCCc1c(CC)cc2[nH]nnc2c1CN. The Hall–Kier alpha value is -1.42. The Morgan fingerprint density at radius 3 is 2.68 bits per heavy atom. The number of nitrogens with one attached hydrogen (secondary N) is 1. The number of nitrogens with two attached hydrogens (primary N) is 1. The molecule has 19 heavy (non-hydrogen) atoms. The average molecular weight is 260 g/mol. The van der Waals surface area contributed by atoms with Crippen molar-refractivity contribution in [1.82, 2.24) is 15.4 Å². The van der Waals surface area contributed by atoms with Crippen LogP contribution < -0.4 is 5.73 Å². The van der Waals surface area contributed by atoms with Gasteiger partial charge >= 0.3 is 0 Å². The highest BCUT2D eigenvalue weighted by Gasteiger charge is 2.13. The Labute approximate surface area is 114 Å². The van der Waals surface area contributed by atoms with E-state index in [1.54, 1.807) is 0 Å². The van der Waals surface area contributed by atoms with Crippen LogP contribution >= 0.6 is 0 Å². The van der Waals surface area contributed by atoms with E-state index in [-0.39, 0.29) is 0 Å². The standard InChI is InChI=1S/C15H24N4/c1-3-5-6-7-8-12-11(4-2)9-14-15(13(12)10-16)18-19-17-14/h9H,3-8,10,16H2,1-2H3,(H,17,18,19). The molecule has 0 radical (unpaired) electrons. The molecule has 0 spiro atoms. The van der Waals surface area contributed by atoms with Gasteiger partial charge < -0.3 is 5.73 Å². The summed E-state index contributed by atoms with van der Waals surface area (Å²) < 4.78 is 0. The number of benzene rings is 1. The molecule has 0 aliphatic rings. The number of unbranched alkanes of at least 4 members (excludes halogenated alkanes) is 3. The van der Waals surface area contributed by atoms with Gasteiger partial charge in [0.2, 0.25) is 0 Å². The van der Waals surface area contributed by atoms with Crippen LogP contribution in [0.2, 0.25) is 0 Å². The molecule has 0 saturated carbocycles. The highest BCUT2D eigenvalue weighted by Crippen LogP contribution is 2.25. The van der Waals surface area contributed by atoms with E-state index in [1.165, 1.54) is 42.4 Å². The van der Waals surface area contributed by atoms with Crippen molar-refractivity contribution in [3.05, 3.63) is 22.8 Å². The topological polar surface area (TPSA) is 67.6 Å². The normalized spacial score (nSPS) is 11.3. The molecule has 0 saturated heterocycles. The minimum atomic E-state index is 0.542. The summed E-state index contributed by atoms with van der Waals surface area (Å²) in [6.45, 7) is 4.98. The maximum absolute atomic E-state index is 5.95. The van der Waals surface area contributed by atoms with Crippen LogP contribution in [0.4, 0.5) is 0 Å². The second-order valence-electron chi connectivity index (χ2n) is 5.07. The van der Waals surface area contributed by atoms with Crippen LogP contribution in [0.25, 0.3) is 11.0 Å². The lowest BCUT2D eigenvalue weighted by atomic mass is 9.93. The molecule has 0 aliphatic carbocycles. The lowest BCUT2D eigenvalue weighted by Crippen LogP contribution is -2.06. The van der Waals surface area contributed by atoms with Crippen LogP contribution in [0.5, 0.6) is 0 Å². The first-order chi connectivity index (χ1) is 9.31. The second kappa shape index (κ2) is 6.66. The van der Waals surface area contributed by atoms with Crippen LogP contribution in [0.1, 0.15) is 56.2 Å². The van der Waals surface area contributed by atoms with Gasteiger partial charge in [-0.1, -0.05) is 38.3 Å². The van der Waals surface area contributed by atoms with E-state index in [0.29, 0.717) is 6.54 Å². The molecule has 2 rings (SSSR count). The van der Waals surface area contributed by atoms with E-state index in [1.807, 2.05) is 0 Å². The molecule has 1 aromatic carbocycles. The van der Waals surface area contributed by atoms with E-state index in [2.05, 4.69) is 35.3 Å². The number of aromatic amines is 1. The van der Waals surface area contributed by atoms with Crippen molar-refractivity contribution in [3.8, 4) is 0 Å². The van der Waals surface area contributed by atoms with E-state index in [0.717, 1.165) is 23.9 Å². The number of aromatic nitrogens is 3. The molecule has 0 bridgehead atoms. The van der Waals surface area contributed by atoms with Gasteiger partial charge in [0, 0.05) is 6.54 Å². The predicted octanol–water partition coefficient (Wildman–Crippen LogP) is 3.10. The number of aryl methyl sites for hydroxylation is 1. The molecular weight excluding hydrogens is 236 g/mol. The van der Waals surface area contributed by atoms with Crippen molar-refractivity contribution in [1.29, 1.82) is 0 Å². The molecule has 1 aromatic heterocycles. The zero-order valence-electron chi connectivity index (χ0n) is 12.0. The van der Waals surface area contributed by atoms with Crippen molar-refractivity contribution >= 4 is 11.0 Å². The van der Waals surface area contributed by atoms with Gasteiger partial charge in [0.15, 0.2) is 0 Å². The molecule has 0 unspecified atom stereocenters. The highest BCUT2D eigenvalue weighted by atomic mass is 15.3. The molecular formula is C15H24N4. The van der Waals surface area contributed by atoms with Crippen LogP contribution in [-0.4, -0.2) is 15.4 Å². The summed E-state index contributed by atoms with van der Waals surface area (Å²) >= 11 is 0. The minimum absolute atomic E-state index is 0.542. The fourth-order valence-electron chi connectivity index (χ4n) is 2.73. The second-order valence-corrected chi connectivity index (χ2v) is 5.07. The lowest BCUT2D eigenvalue weighted by molar-refractivity contribution is 0.662. The zero-order valence-corrected chi connectivity index (χ0v) is 12.0. The average Bonchev–Trinajstić information content (AvgIpc) is 2.90. The lowest BCUT2D eigenvalue weighted by Gasteiger charge is -2.13. The minimum Gasteiger partial charge on any atom is -0.326 e. The van der Waals surface area contributed by atoms with Gasteiger partial charge in [-0.2, -0.15) is 0 Å². The van der Waals surface area contributed by atoms with E-state index in [4.69, 9.17) is 5.73 Å². The van der Waals surface area contributed by atoms with E-state index in [9.17, 15) is 0 Å². The first kappa shape index (κ1) is 14.0. The third-order valence-electron chi connectivity index (χ3n) is 3.80. The maximum atomic E-state index is 5.95. The Kier molecular flexibility index (Phi) is 4.91. The molecule has 4 nitrogen and oxygen atoms in total. The molecule has 2 aromatic rings. The Bertz CT molecular complexity index is 530. The number of hydrogen-bond donors (Lipinski definition) is 2. The fourth-order valence-corrected chi connectivity index (χ4v) is 2.73. The predicted molar refractivity (Wildman–Crippen MR) is 79.0 cm³/mol. The zero-order chi connectivity index (χ0) is 13.7.